The summed E-state index contributed by atoms with van der Waals surface area (Å²) in [6.07, 6.45) is 0. The molecule has 0 spiro atoms. The molecule has 0 amide bonds. The number of hydrogen-bond acceptors (Lipinski definition) is 0. The van der Waals surface area contributed by atoms with Crippen molar-refractivity contribution in [1.82, 2.24) is 0 Å². The summed E-state index contributed by atoms with van der Waals surface area (Å²) in [6, 6.07) is 0. The van der Waals surface area contributed by atoms with Crippen LogP contribution in [0.25, 0.3) is 0 Å². The van der Waals surface area contributed by atoms with Gasteiger partial charge in [-0.15, -0.1) is 0 Å². The van der Waals surface area contributed by atoms with Gasteiger partial charge in [0.25, 0.3) is 0 Å². The Kier molecular flexibility index (Phi) is 170000000. The molecule has 31 heavy (non-hydrogen) atoms. The summed E-state index contributed by atoms with van der Waals surface area (Å²) in [7, 11) is 0. The molecule has 244 valence electrons. The normalized spacial score (nSPS) is 0. The number of rotatable bonds is 0. The molecule has 0 saturated heterocycles. The molecule has 0 aliphatic rings. The van der Waals surface area contributed by atoms with Crippen LogP contribution in [0.15, 0.2) is 0 Å². The van der Waals surface area contributed by atoms with Crippen molar-refractivity contribution >= 4 is 0 Å². The van der Waals surface area contributed by atoms with E-state index in [1.807, 2.05) is 0 Å². The van der Waals surface area contributed by atoms with Gasteiger partial charge < -0.3 is 14.9 Å². The zero-order valence-electron chi connectivity index (χ0n) is 2.00. The van der Waals surface area contributed by atoms with E-state index < -0.39 is 0 Å². The topological polar surface area (TPSA) is 0 Å². The van der Waals surface area contributed by atoms with E-state index in [0.29, 0.717) is 0 Å². The van der Waals surface area contributed by atoms with Crippen LogP contribution in [-0.4, -0.2) is 0 Å². The third-order valence-corrected chi connectivity index (χ3v) is 0. The Morgan fingerprint density at radius 3 is 0.0968 bits per heavy atom. The van der Waals surface area contributed by atoms with Crippen LogP contribution in [0, 0.1) is 14.9 Å². The molecule has 0 atom stereocenters. The summed E-state index contributed by atoms with van der Waals surface area (Å²) >= 11 is 0. The predicted molar refractivity (Wildman–Crippen MR) is 204 cm³/mol. The Morgan fingerprint density at radius 1 is 0.0968 bits per heavy atom. The molecular formula is C30H120Zn-2. The van der Waals surface area contributed by atoms with Crippen molar-refractivity contribution in [2.75, 3.05) is 0 Å². The molecule has 0 N–H and O–H groups in total. The van der Waals surface area contributed by atoms with E-state index in [1.54, 1.807) is 0 Å². The third-order valence-electron chi connectivity index (χ3n) is 0. The van der Waals surface area contributed by atoms with Gasteiger partial charge in [-0.3, -0.25) is 0 Å². The van der Waals surface area contributed by atoms with Crippen LogP contribution in [0.1, 0.15) is 208 Å². The van der Waals surface area contributed by atoms with E-state index in [1.165, 1.54) is 0 Å². The van der Waals surface area contributed by atoms with Crippen molar-refractivity contribution in [3.05, 3.63) is 14.9 Å². The fourth-order valence-electron chi connectivity index (χ4n) is 0. The monoisotopic (exact) mass is 545 g/mol. The van der Waals surface area contributed by atoms with E-state index in [0.717, 1.165) is 0 Å². The van der Waals surface area contributed by atoms with Crippen LogP contribution in [0.4, 0.5) is 0 Å². The molecular weight excluding hydrogens is 426 g/mol. The summed E-state index contributed by atoms with van der Waals surface area (Å²) in [4.78, 5) is 0. The molecule has 0 bridgehead atoms. The van der Waals surface area contributed by atoms with Crippen molar-refractivity contribution < 1.29 is 19.5 Å². The van der Waals surface area contributed by atoms with Gasteiger partial charge in [0.05, 0.1) is 0 Å². The molecule has 0 radical (unpaired) electrons. The van der Waals surface area contributed by atoms with Crippen LogP contribution >= 0.6 is 0 Å². The first-order valence-corrected chi connectivity index (χ1v) is 0. The summed E-state index contributed by atoms with van der Waals surface area (Å²) in [5, 5.41) is 0. The zero-order chi connectivity index (χ0) is 0. The van der Waals surface area contributed by atoms with Gasteiger partial charge in [-0.25, -0.2) is 0 Å². The first kappa shape index (κ1) is 76300. The molecule has 0 aromatic rings. The molecule has 0 aromatic carbocycles. The summed E-state index contributed by atoms with van der Waals surface area (Å²) in [6.45, 7) is 0. The SMILES string of the molecule is C.C.C.C.C.C.C.C.C.C.C.C.C.C.C.C.C.C.C.C.C.C.C.C.C.C.C.C.[CH3-].[CH3-].[ZnH2]. The van der Waals surface area contributed by atoms with Crippen molar-refractivity contribution in [2.24, 2.45) is 0 Å². The van der Waals surface area contributed by atoms with Crippen LogP contribution in [0.2, 0.25) is 0 Å². The Bertz CT molecular complexity index is 6.37. The van der Waals surface area contributed by atoms with Crippen LogP contribution in [0.3, 0.4) is 0 Å². The van der Waals surface area contributed by atoms with Gasteiger partial charge in [-0.05, 0) is 0 Å². The molecule has 0 unspecified atom stereocenters. The van der Waals surface area contributed by atoms with E-state index in [2.05, 4.69) is 0 Å². The van der Waals surface area contributed by atoms with Gasteiger partial charge in [0, 0.05) is 0 Å². The second kappa shape index (κ2) is 69200. The third kappa shape index (κ3) is 64600. The van der Waals surface area contributed by atoms with Crippen molar-refractivity contribution in [3.8, 4) is 0 Å². The first-order valence-electron chi connectivity index (χ1n) is 0. The molecule has 0 aliphatic carbocycles. The van der Waals surface area contributed by atoms with E-state index in [-0.39, 0.29) is 242 Å². The van der Waals surface area contributed by atoms with E-state index in [4.69, 9.17) is 0 Å². The van der Waals surface area contributed by atoms with Gasteiger partial charge in [0.15, 0.2) is 0 Å². The molecule has 0 fully saturated rings. The van der Waals surface area contributed by atoms with Crippen LogP contribution < -0.4 is 0 Å². The molecule has 0 rings (SSSR count). The Hall–Kier alpha value is 0.623. The van der Waals surface area contributed by atoms with E-state index >= 15 is 0 Å². The van der Waals surface area contributed by atoms with Gasteiger partial charge in [-0.2, -0.15) is 0 Å². The van der Waals surface area contributed by atoms with Gasteiger partial charge >= 0.3 is 19.5 Å². The predicted octanol–water partition coefficient (Wildman–Crippen LogP) is 18.2. The Morgan fingerprint density at radius 2 is 0.0968 bits per heavy atom. The standard InChI is InChI=1S/28CH4.2CH3.Zn.2H/h28*1H4;2*1H3;;;/q;;;;;;;;;;;;;;;;;;;;;;;;;;;;2*-1;;;. The second-order valence-corrected chi connectivity index (χ2v) is 0. The van der Waals surface area contributed by atoms with Crippen LogP contribution in [0.5, 0.6) is 0 Å². The second-order valence-electron chi connectivity index (χ2n) is 0. The average molecular weight is 547 g/mol. The fourth-order valence-corrected chi connectivity index (χ4v) is 0. The molecule has 0 aliphatic heterocycles. The van der Waals surface area contributed by atoms with Crippen molar-refractivity contribution in [1.29, 1.82) is 0 Å². The van der Waals surface area contributed by atoms with Gasteiger partial charge in [0.2, 0.25) is 0 Å². The molecule has 1 heteroatoms. The first-order chi connectivity index (χ1) is 0. The van der Waals surface area contributed by atoms with E-state index in [9.17, 15) is 0 Å². The van der Waals surface area contributed by atoms with Crippen molar-refractivity contribution in [3.63, 3.8) is 0 Å². The maximum absolute atomic E-state index is 0. The Labute approximate surface area is 241 Å². The Balaban J connectivity index is 0. The molecule has 0 nitrogen and oxygen atoms in total. The minimum atomic E-state index is 0. The summed E-state index contributed by atoms with van der Waals surface area (Å²) < 4.78 is 0. The number of hydrogen-bond donors (Lipinski definition) is 0. The molecule has 0 saturated carbocycles. The summed E-state index contributed by atoms with van der Waals surface area (Å²) in [5.41, 5.74) is 0. The molecule has 0 aromatic heterocycles. The maximum atomic E-state index is 0. The fraction of sp³-hybridized carbons (Fsp3) is 0.933. The van der Waals surface area contributed by atoms with Crippen LogP contribution in [-0.2, 0) is 19.5 Å². The van der Waals surface area contributed by atoms with Crippen molar-refractivity contribution in [2.45, 2.75) is 208 Å². The van der Waals surface area contributed by atoms with Gasteiger partial charge in [-0.1, -0.05) is 208 Å². The zero-order valence-corrected chi connectivity index (χ0v) is 2.00. The molecule has 0 heterocycles. The summed E-state index contributed by atoms with van der Waals surface area (Å²) in [5.74, 6) is 0. The van der Waals surface area contributed by atoms with Gasteiger partial charge in [0.1, 0.15) is 0 Å². The quantitative estimate of drug-likeness (QED) is 0.209. The average Bonchev–Trinajstić information content (AvgIpc) is 0. The minimum absolute atomic E-state index is 0.